The van der Waals surface area contributed by atoms with Crippen molar-refractivity contribution in [3.63, 3.8) is 0 Å². The third-order valence-corrected chi connectivity index (χ3v) is 4.88. The van der Waals surface area contributed by atoms with Crippen LogP contribution >= 0.6 is 0 Å². The Morgan fingerprint density at radius 1 is 1.03 bits per heavy atom. The van der Waals surface area contributed by atoms with Gasteiger partial charge in [-0.3, -0.25) is 4.79 Å². The number of rotatable bonds is 11. The monoisotopic (exact) mass is 460 g/mol. The lowest BCUT2D eigenvalue weighted by Gasteiger charge is -2.14. The molecule has 0 fully saturated rings. The highest BCUT2D eigenvalue weighted by molar-refractivity contribution is 6.01. The molecule has 0 aliphatic heterocycles. The van der Waals surface area contributed by atoms with E-state index in [1.54, 1.807) is 30.3 Å². The van der Waals surface area contributed by atoms with Crippen molar-refractivity contribution in [3.8, 4) is 23.3 Å². The molecule has 0 saturated carbocycles. The van der Waals surface area contributed by atoms with Gasteiger partial charge in [-0.25, -0.2) is 0 Å². The summed E-state index contributed by atoms with van der Waals surface area (Å²) in [5.41, 5.74) is 2.88. The van der Waals surface area contributed by atoms with Gasteiger partial charge >= 0.3 is 0 Å². The number of carbonyl (C=O) groups is 1. The smallest absolute Gasteiger partial charge is 0.262 e. The van der Waals surface area contributed by atoms with Gasteiger partial charge in [-0.1, -0.05) is 23.8 Å². The summed E-state index contributed by atoms with van der Waals surface area (Å²) in [6, 6.07) is 16.7. The number of nitrogens with zero attached hydrogens (tertiary/aromatic N) is 1. The summed E-state index contributed by atoms with van der Waals surface area (Å²) in [4.78, 5) is 12.4. The van der Waals surface area contributed by atoms with E-state index in [-0.39, 0.29) is 12.1 Å². The Bertz CT molecular complexity index is 1180. The maximum Gasteiger partial charge on any atom is 0.262 e. The fraction of sp³-hybridized carbons (Fsp3) is 0.259. The zero-order valence-electron chi connectivity index (χ0n) is 19.6. The SMILES string of the molecule is CCOc1cc(C=C(C#N)C(=O)NCc2ccco2)ccc1OCCOc1ccc(C)cc1C. The quantitative estimate of drug-likeness (QED) is 0.247. The molecule has 2 aromatic carbocycles. The van der Waals surface area contributed by atoms with Gasteiger partial charge in [0, 0.05) is 0 Å². The molecule has 0 aliphatic rings. The van der Waals surface area contributed by atoms with Crippen LogP contribution in [-0.2, 0) is 11.3 Å². The summed E-state index contributed by atoms with van der Waals surface area (Å²) >= 11 is 0. The first-order valence-corrected chi connectivity index (χ1v) is 11.0. The second kappa shape index (κ2) is 12.2. The lowest BCUT2D eigenvalue weighted by molar-refractivity contribution is -0.117. The van der Waals surface area contributed by atoms with Gasteiger partial charge in [0.1, 0.15) is 36.4 Å². The molecule has 1 N–H and O–H groups in total. The largest absolute Gasteiger partial charge is 0.490 e. The van der Waals surface area contributed by atoms with E-state index in [0.717, 1.165) is 11.3 Å². The molecular weight excluding hydrogens is 432 g/mol. The lowest BCUT2D eigenvalue weighted by atomic mass is 10.1. The minimum Gasteiger partial charge on any atom is -0.490 e. The first-order valence-electron chi connectivity index (χ1n) is 11.0. The molecule has 0 atom stereocenters. The maximum absolute atomic E-state index is 12.4. The highest BCUT2D eigenvalue weighted by atomic mass is 16.5. The third kappa shape index (κ3) is 6.91. The number of nitrogens with one attached hydrogen (secondary N) is 1. The molecule has 7 nitrogen and oxygen atoms in total. The highest BCUT2D eigenvalue weighted by Crippen LogP contribution is 2.29. The van der Waals surface area contributed by atoms with Crippen molar-refractivity contribution in [2.75, 3.05) is 19.8 Å². The Morgan fingerprint density at radius 3 is 2.47 bits per heavy atom. The van der Waals surface area contributed by atoms with E-state index >= 15 is 0 Å². The zero-order valence-corrected chi connectivity index (χ0v) is 19.6. The Morgan fingerprint density at radius 2 is 1.79 bits per heavy atom. The van der Waals surface area contributed by atoms with Crippen LogP contribution in [0, 0.1) is 25.2 Å². The summed E-state index contributed by atoms with van der Waals surface area (Å²) in [6.07, 6.45) is 3.03. The van der Waals surface area contributed by atoms with Crippen molar-refractivity contribution in [1.82, 2.24) is 5.32 Å². The van der Waals surface area contributed by atoms with Crippen molar-refractivity contribution in [3.05, 3.63) is 82.8 Å². The van der Waals surface area contributed by atoms with Crippen LogP contribution in [0.15, 0.2) is 64.8 Å². The topological polar surface area (TPSA) is 93.7 Å². The Balaban J connectivity index is 1.62. The summed E-state index contributed by atoms with van der Waals surface area (Å²) < 4.78 is 22.6. The molecule has 0 saturated heterocycles. The van der Waals surface area contributed by atoms with Crippen molar-refractivity contribution in [2.24, 2.45) is 0 Å². The first kappa shape index (κ1) is 24.5. The number of nitriles is 1. The van der Waals surface area contributed by atoms with Crippen LogP contribution in [0.3, 0.4) is 0 Å². The molecule has 0 aliphatic carbocycles. The van der Waals surface area contributed by atoms with Gasteiger partial charge in [0.05, 0.1) is 19.4 Å². The van der Waals surface area contributed by atoms with E-state index in [9.17, 15) is 10.1 Å². The molecular formula is C27H28N2O5. The van der Waals surface area contributed by atoms with Crippen molar-refractivity contribution < 1.29 is 23.4 Å². The normalized spacial score (nSPS) is 10.9. The van der Waals surface area contributed by atoms with Gasteiger partial charge in [0.25, 0.3) is 5.91 Å². The van der Waals surface area contributed by atoms with E-state index in [0.29, 0.717) is 42.6 Å². The predicted molar refractivity (Wildman–Crippen MR) is 129 cm³/mol. The second-order valence-corrected chi connectivity index (χ2v) is 7.54. The van der Waals surface area contributed by atoms with E-state index in [4.69, 9.17) is 18.6 Å². The molecule has 3 aromatic rings. The number of benzene rings is 2. The van der Waals surface area contributed by atoms with Gasteiger partial charge < -0.3 is 23.9 Å². The predicted octanol–water partition coefficient (Wildman–Crippen LogP) is 4.98. The molecule has 1 amide bonds. The van der Waals surface area contributed by atoms with Crippen LogP contribution in [0.5, 0.6) is 17.2 Å². The molecule has 176 valence electrons. The van der Waals surface area contributed by atoms with Crippen LogP contribution in [-0.4, -0.2) is 25.7 Å². The van der Waals surface area contributed by atoms with Crippen LogP contribution in [0.4, 0.5) is 0 Å². The van der Waals surface area contributed by atoms with Crippen molar-refractivity contribution in [1.29, 1.82) is 5.26 Å². The number of ether oxygens (including phenoxy) is 3. The number of furan rings is 1. The van der Waals surface area contributed by atoms with Gasteiger partial charge in [0.15, 0.2) is 11.5 Å². The summed E-state index contributed by atoms with van der Waals surface area (Å²) in [5.74, 6) is 2.03. The Labute approximate surface area is 199 Å². The number of aryl methyl sites for hydroxylation is 2. The van der Waals surface area contributed by atoms with Gasteiger partial charge in [0.2, 0.25) is 0 Å². The molecule has 1 aromatic heterocycles. The van der Waals surface area contributed by atoms with Gasteiger partial charge in [-0.15, -0.1) is 0 Å². The molecule has 7 heteroatoms. The van der Waals surface area contributed by atoms with Crippen molar-refractivity contribution >= 4 is 12.0 Å². The molecule has 0 radical (unpaired) electrons. The fourth-order valence-electron chi connectivity index (χ4n) is 3.26. The Hall–Kier alpha value is -4.18. The van der Waals surface area contributed by atoms with E-state index < -0.39 is 5.91 Å². The van der Waals surface area contributed by atoms with E-state index in [1.807, 2.05) is 39.0 Å². The van der Waals surface area contributed by atoms with Crippen LogP contribution in [0.25, 0.3) is 6.08 Å². The molecule has 34 heavy (non-hydrogen) atoms. The average molecular weight is 461 g/mol. The number of carbonyl (C=O) groups excluding carboxylic acids is 1. The van der Waals surface area contributed by atoms with E-state index in [1.165, 1.54) is 17.9 Å². The van der Waals surface area contributed by atoms with Gasteiger partial charge in [-0.2, -0.15) is 5.26 Å². The second-order valence-electron chi connectivity index (χ2n) is 7.54. The molecule has 0 unspecified atom stereocenters. The minimum absolute atomic E-state index is 0.0236. The standard InChI is InChI=1S/C27H28N2O5/c1-4-31-26-16-21(15-22(17-28)27(30)29-18-23-6-5-11-32-23)8-10-25(26)34-13-12-33-24-9-7-19(2)14-20(24)3/h5-11,14-16H,4,12-13,18H2,1-3H3,(H,29,30). The van der Waals surface area contributed by atoms with E-state index in [2.05, 4.69) is 11.4 Å². The van der Waals surface area contributed by atoms with Crippen LogP contribution in [0.1, 0.15) is 29.4 Å². The lowest BCUT2D eigenvalue weighted by Crippen LogP contribution is -2.23. The van der Waals surface area contributed by atoms with Crippen LogP contribution < -0.4 is 19.5 Å². The summed E-state index contributed by atoms with van der Waals surface area (Å²) in [6.45, 7) is 7.28. The Kier molecular flexibility index (Phi) is 8.75. The average Bonchev–Trinajstić information content (AvgIpc) is 3.35. The maximum atomic E-state index is 12.4. The van der Waals surface area contributed by atoms with Crippen LogP contribution in [0.2, 0.25) is 0 Å². The third-order valence-electron chi connectivity index (χ3n) is 4.88. The first-order chi connectivity index (χ1) is 16.5. The number of amides is 1. The molecule has 0 spiro atoms. The number of hydrogen-bond donors (Lipinski definition) is 1. The molecule has 0 bridgehead atoms. The molecule has 3 rings (SSSR count). The van der Waals surface area contributed by atoms with Gasteiger partial charge in [-0.05, 0) is 68.3 Å². The minimum atomic E-state index is -0.485. The molecule has 1 heterocycles. The highest BCUT2D eigenvalue weighted by Gasteiger charge is 2.12. The number of hydrogen-bond acceptors (Lipinski definition) is 6. The fourth-order valence-corrected chi connectivity index (χ4v) is 3.26. The zero-order chi connectivity index (χ0) is 24.3. The summed E-state index contributed by atoms with van der Waals surface area (Å²) in [7, 11) is 0. The van der Waals surface area contributed by atoms with Crippen molar-refractivity contribution in [2.45, 2.75) is 27.3 Å². The summed E-state index contributed by atoms with van der Waals surface area (Å²) in [5, 5.41) is 12.1.